The van der Waals surface area contributed by atoms with Crippen molar-refractivity contribution >= 4 is 50.9 Å². The first-order valence-corrected chi connectivity index (χ1v) is 4.37. The minimum absolute atomic E-state index is 0. The summed E-state index contributed by atoms with van der Waals surface area (Å²) in [4.78, 5) is 4.74. The van der Waals surface area contributed by atoms with Gasteiger partial charge in [0.05, 0.1) is 0 Å². The molecule has 1 aliphatic rings. The average molecular weight is 400 g/mol. The Bertz CT molecular complexity index is 104. The van der Waals surface area contributed by atoms with Crippen molar-refractivity contribution in [3.63, 3.8) is 0 Å². The molecule has 0 saturated carbocycles. The van der Waals surface area contributed by atoms with Gasteiger partial charge in [-0.25, -0.2) is 0 Å². The van der Waals surface area contributed by atoms with Crippen molar-refractivity contribution < 1.29 is 0 Å². The Kier molecular flexibility index (Phi) is 18.3. The smallest absolute Gasteiger partial charge is 0.0107 e. The molecule has 3 nitrogen and oxygen atoms in total. The highest BCUT2D eigenvalue weighted by molar-refractivity contribution is 8.93. The van der Waals surface area contributed by atoms with E-state index in [9.17, 15) is 0 Å². The Morgan fingerprint density at radius 3 is 1.43 bits per heavy atom. The highest BCUT2D eigenvalue weighted by Gasteiger charge is 2.04. The number of halogens is 3. The standard InChI is InChI=1S/C8H19N3.3BrH/c1-10-5-3-9-4-6-11(2)8-7-10;;;/h9H,3-8H2,1-2H3;3*1H. The lowest BCUT2D eigenvalue weighted by Gasteiger charge is -2.18. The molecule has 6 heteroatoms. The van der Waals surface area contributed by atoms with Crippen LogP contribution in [0, 0.1) is 0 Å². The molecule has 1 saturated heterocycles. The first-order valence-electron chi connectivity index (χ1n) is 4.37. The molecular formula is C8H22Br3N3. The topological polar surface area (TPSA) is 18.5 Å². The van der Waals surface area contributed by atoms with Gasteiger partial charge in [0.2, 0.25) is 0 Å². The number of nitrogens with one attached hydrogen (secondary N) is 1. The maximum Gasteiger partial charge on any atom is 0.0107 e. The van der Waals surface area contributed by atoms with Crippen molar-refractivity contribution in [2.24, 2.45) is 0 Å². The fourth-order valence-electron chi connectivity index (χ4n) is 1.23. The number of hydrogen-bond donors (Lipinski definition) is 1. The third-order valence-electron chi connectivity index (χ3n) is 2.20. The summed E-state index contributed by atoms with van der Waals surface area (Å²) in [5, 5.41) is 3.40. The molecule has 0 spiro atoms. The fourth-order valence-corrected chi connectivity index (χ4v) is 1.23. The van der Waals surface area contributed by atoms with E-state index in [0.717, 1.165) is 13.1 Å². The molecule has 0 aliphatic carbocycles. The SMILES string of the molecule is Br.Br.Br.CN1CCNCCN(C)CC1. The second-order valence-corrected chi connectivity index (χ2v) is 3.36. The van der Waals surface area contributed by atoms with Crippen LogP contribution >= 0.6 is 50.9 Å². The lowest BCUT2D eigenvalue weighted by molar-refractivity contribution is 0.277. The summed E-state index contributed by atoms with van der Waals surface area (Å²) >= 11 is 0. The Morgan fingerprint density at radius 1 is 0.714 bits per heavy atom. The largest absolute Gasteiger partial charge is 0.314 e. The highest BCUT2D eigenvalue weighted by Crippen LogP contribution is 1.87. The molecule has 1 aliphatic heterocycles. The zero-order valence-electron chi connectivity index (χ0n) is 8.86. The van der Waals surface area contributed by atoms with Gasteiger partial charge in [0.25, 0.3) is 0 Å². The first kappa shape index (κ1) is 20.7. The van der Waals surface area contributed by atoms with E-state index in [2.05, 4.69) is 29.2 Å². The van der Waals surface area contributed by atoms with Crippen LogP contribution in [0.3, 0.4) is 0 Å². The van der Waals surface area contributed by atoms with Gasteiger partial charge in [0.1, 0.15) is 0 Å². The third-order valence-corrected chi connectivity index (χ3v) is 2.20. The van der Waals surface area contributed by atoms with E-state index in [4.69, 9.17) is 0 Å². The van der Waals surface area contributed by atoms with Crippen molar-refractivity contribution in [2.45, 2.75) is 0 Å². The molecule has 1 rings (SSSR count). The molecule has 14 heavy (non-hydrogen) atoms. The fraction of sp³-hybridized carbons (Fsp3) is 1.00. The van der Waals surface area contributed by atoms with Crippen LogP contribution in [0.25, 0.3) is 0 Å². The maximum atomic E-state index is 3.40. The zero-order chi connectivity index (χ0) is 8.10. The molecule has 0 unspecified atom stereocenters. The van der Waals surface area contributed by atoms with Gasteiger partial charge in [0.15, 0.2) is 0 Å². The van der Waals surface area contributed by atoms with Crippen LogP contribution in [0.1, 0.15) is 0 Å². The number of nitrogens with zero attached hydrogens (tertiary/aromatic N) is 2. The second-order valence-electron chi connectivity index (χ2n) is 3.36. The summed E-state index contributed by atoms with van der Waals surface area (Å²) in [6.07, 6.45) is 0. The summed E-state index contributed by atoms with van der Waals surface area (Å²) in [5.41, 5.74) is 0. The highest BCUT2D eigenvalue weighted by atomic mass is 79.9. The number of likely N-dealkylation sites (N-methyl/N-ethyl adjacent to an activating group) is 2. The third kappa shape index (κ3) is 9.86. The minimum atomic E-state index is 0. The van der Waals surface area contributed by atoms with E-state index < -0.39 is 0 Å². The van der Waals surface area contributed by atoms with E-state index in [1.54, 1.807) is 0 Å². The first-order chi connectivity index (χ1) is 5.29. The van der Waals surface area contributed by atoms with Gasteiger partial charge in [-0.1, -0.05) is 0 Å². The molecule has 90 valence electrons. The number of rotatable bonds is 0. The van der Waals surface area contributed by atoms with E-state index >= 15 is 0 Å². The average Bonchev–Trinajstić information content (AvgIpc) is 2.06. The van der Waals surface area contributed by atoms with E-state index in [1.807, 2.05) is 0 Å². The summed E-state index contributed by atoms with van der Waals surface area (Å²) in [7, 11) is 4.36. The molecule has 0 aromatic rings. The summed E-state index contributed by atoms with van der Waals surface area (Å²) in [5.74, 6) is 0. The van der Waals surface area contributed by atoms with Gasteiger partial charge in [-0.2, -0.15) is 0 Å². The van der Waals surface area contributed by atoms with Crippen molar-refractivity contribution in [2.75, 3.05) is 53.4 Å². The molecule has 0 amide bonds. The Hall–Kier alpha value is 1.32. The lowest BCUT2D eigenvalue weighted by Crippen LogP contribution is -2.31. The van der Waals surface area contributed by atoms with Crippen LogP contribution in [0.2, 0.25) is 0 Å². The molecule has 1 N–H and O–H groups in total. The molecule has 0 aromatic heterocycles. The predicted octanol–water partition coefficient (Wildman–Crippen LogP) is 1.19. The molecular weight excluding hydrogens is 378 g/mol. The van der Waals surface area contributed by atoms with Crippen LogP contribution in [0.4, 0.5) is 0 Å². The monoisotopic (exact) mass is 397 g/mol. The lowest BCUT2D eigenvalue weighted by atomic mass is 10.5. The minimum Gasteiger partial charge on any atom is -0.314 e. The van der Waals surface area contributed by atoms with Gasteiger partial charge in [-0.3, -0.25) is 0 Å². The molecule has 0 atom stereocenters. The second kappa shape index (κ2) is 12.4. The van der Waals surface area contributed by atoms with Crippen LogP contribution in [-0.2, 0) is 0 Å². The van der Waals surface area contributed by atoms with Gasteiger partial charge in [-0.05, 0) is 14.1 Å². The predicted molar refractivity (Wildman–Crippen MR) is 78.8 cm³/mol. The van der Waals surface area contributed by atoms with Crippen molar-refractivity contribution in [1.82, 2.24) is 15.1 Å². The quantitative estimate of drug-likeness (QED) is 0.660. The van der Waals surface area contributed by atoms with Crippen molar-refractivity contribution in [1.29, 1.82) is 0 Å². The zero-order valence-corrected chi connectivity index (χ0v) is 14.0. The summed E-state index contributed by atoms with van der Waals surface area (Å²) < 4.78 is 0. The van der Waals surface area contributed by atoms with Crippen LogP contribution in [0.15, 0.2) is 0 Å². The van der Waals surface area contributed by atoms with E-state index in [-0.39, 0.29) is 50.9 Å². The van der Waals surface area contributed by atoms with Gasteiger partial charge < -0.3 is 15.1 Å². The van der Waals surface area contributed by atoms with Gasteiger partial charge in [0, 0.05) is 39.3 Å². The van der Waals surface area contributed by atoms with Crippen LogP contribution in [-0.4, -0.2) is 63.2 Å². The van der Waals surface area contributed by atoms with Crippen LogP contribution in [0.5, 0.6) is 0 Å². The van der Waals surface area contributed by atoms with Gasteiger partial charge >= 0.3 is 0 Å². The molecule has 0 bridgehead atoms. The molecule has 0 radical (unpaired) electrons. The normalized spacial score (nSPS) is 20.1. The molecule has 1 heterocycles. The molecule has 0 aromatic carbocycles. The number of hydrogen-bond acceptors (Lipinski definition) is 3. The van der Waals surface area contributed by atoms with Crippen LogP contribution < -0.4 is 5.32 Å². The van der Waals surface area contributed by atoms with Gasteiger partial charge in [-0.15, -0.1) is 50.9 Å². The maximum absolute atomic E-state index is 3.40. The Morgan fingerprint density at radius 2 is 1.07 bits per heavy atom. The Balaban J connectivity index is -0.000000403. The summed E-state index contributed by atoms with van der Waals surface area (Å²) in [6.45, 7) is 6.99. The Labute approximate surface area is 119 Å². The van der Waals surface area contributed by atoms with E-state index in [1.165, 1.54) is 26.2 Å². The van der Waals surface area contributed by atoms with E-state index in [0.29, 0.717) is 0 Å². The van der Waals surface area contributed by atoms with Crippen molar-refractivity contribution in [3.8, 4) is 0 Å². The molecule has 1 fully saturated rings. The van der Waals surface area contributed by atoms with Crippen molar-refractivity contribution in [3.05, 3.63) is 0 Å². The summed E-state index contributed by atoms with van der Waals surface area (Å²) in [6, 6.07) is 0.